The van der Waals surface area contributed by atoms with Gasteiger partial charge in [-0.05, 0) is 12.8 Å². The van der Waals surface area contributed by atoms with E-state index in [2.05, 4.69) is 34.1 Å². The molecule has 2 unspecified atom stereocenters. The van der Waals surface area contributed by atoms with Crippen molar-refractivity contribution >= 4 is 5.91 Å². The summed E-state index contributed by atoms with van der Waals surface area (Å²) in [6.45, 7) is 10.2. The molecule has 0 aliphatic carbocycles. The maximum absolute atomic E-state index is 12.2. The fourth-order valence-electron chi connectivity index (χ4n) is 2.59. The molecular weight excluding hydrogens is 270 g/mol. The Labute approximate surface area is 125 Å². The van der Waals surface area contributed by atoms with Crippen molar-refractivity contribution in [2.24, 2.45) is 5.92 Å². The number of rotatable bonds is 6. The molecule has 1 aromatic rings. The number of nitrogens with one attached hydrogen (secondary N) is 1. The van der Waals surface area contributed by atoms with Crippen LogP contribution in [0.1, 0.15) is 26.8 Å². The van der Waals surface area contributed by atoms with Crippen LogP contribution in [0.2, 0.25) is 0 Å². The monoisotopic (exact) mass is 295 g/mol. The molecule has 0 radical (unpaired) electrons. The average molecular weight is 295 g/mol. The summed E-state index contributed by atoms with van der Waals surface area (Å²) < 4.78 is 6.96. The molecule has 0 saturated carbocycles. The Balaban J connectivity index is 1.87. The van der Waals surface area contributed by atoms with Gasteiger partial charge in [0.15, 0.2) is 0 Å². The molecule has 7 heteroatoms. The van der Waals surface area contributed by atoms with E-state index in [1.807, 2.05) is 6.92 Å². The molecule has 118 valence electrons. The van der Waals surface area contributed by atoms with Crippen LogP contribution >= 0.6 is 0 Å². The second-order valence-electron chi connectivity index (χ2n) is 5.76. The van der Waals surface area contributed by atoms with E-state index in [0.717, 1.165) is 26.3 Å². The quantitative estimate of drug-likeness (QED) is 0.818. The van der Waals surface area contributed by atoms with Crippen LogP contribution in [0.3, 0.4) is 0 Å². The first-order chi connectivity index (χ1) is 10.1. The van der Waals surface area contributed by atoms with E-state index < -0.39 is 0 Å². The Bertz CT molecular complexity index is 429. The maximum atomic E-state index is 12.2. The second-order valence-corrected chi connectivity index (χ2v) is 5.76. The molecular formula is C14H25N5O2. The van der Waals surface area contributed by atoms with Gasteiger partial charge in [-0.3, -0.25) is 9.69 Å². The number of aromatic nitrogens is 3. The van der Waals surface area contributed by atoms with Crippen molar-refractivity contribution < 1.29 is 9.53 Å². The predicted molar refractivity (Wildman–Crippen MR) is 78.8 cm³/mol. The van der Waals surface area contributed by atoms with Gasteiger partial charge in [-0.25, -0.2) is 9.67 Å². The molecule has 2 atom stereocenters. The normalized spacial score (nSPS) is 19.4. The molecule has 1 aliphatic heterocycles. The topological polar surface area (TPSA) is 72.3 Å². The predicted octanol–water partition coefficient (Wildman–Crippen LogP) is 0.312. The van der Waals surface area contributed by atoms with Crippen LogP contribution in [0, 0.1) is 5.92 Å². The molecule has 1 fully saturated rings. The number of hydrogen-bond acceptors (Lipinski definition) is 5. The molecule has 2 rings (SSSR count). The molecule has 0 aromatic carbocycles. The van der Waals surface area contributed by atoms with Crippen molar-refractivity contribution in [3.63, 3.8) is 0 Å². The minimum absolute atomic E-state index is 0.0283. The van der Waals surface area contributed by atoms with E-state index >= 15 is 0 Å². The highest BCUT2D eigenvalue weighted by Crippen LogP contribution is 2.12. The highest BCUT2D eigenvalue weighted by atomic mass is 16.5. The van der Waals surface area contributed by atoms with Crippen LogP contribution in [-0.4, -0.2) is 64.5 Å². The zero-order valence-corrected chi connectivity index (χ0v) is 13.0. The lowest BCUT2D eigenvalue weighted by Crippen LogP contribution is -2.51. The standard InChI is InChI=1S/C14H25N5O2/c1-11(2)13(18-4-6-21-7-5-18)8-16-14(20)12(3)19-10-15-9-17-19/h9-13H,4-8H2,1-3H3,(H,16,20). The van der Waals surface area contributed by atoms with Gasteiger partial charge in [0.05, 0.1) is 13.2 Å². The minimum Gasteiger partial charge on any atom is -0.379 e. The van der Waals surface area contributed by atoms with Gasteiger partial charge in [0.2, 0.25) is 5.91 Å². The highest BCUT2D eigenvalue weighted by Gasteiger charge is 2.25. The Hall–Kier alpha value is -1.47. The van der Waals surface area contributed by atoms with Crippen LogP contribution in [0.5, 0.6) is 0 Å². The van der Waals surface area contributed by atoms with Crippen LogP contribution in [0.15, 0.2) is 12.7 Å². The number of hydrogen-bond donors (Lipinski definition) is 1. The van der Waals surface area contributed by atoms with Gasteiger partial charge < -0.3 is 10.1 Å². The van der Waals surface area contributed by atoms with Crippen molar-refractivity contribution in [1.29, 1.82) is 0 Å². The molecule has 1 amide bonds. The van der Waals surface area contributed by atoms with E-state index in [0.29, 0.717) is 18.5 Å². The van der Waals surface area contributed by atoms with Gasteiger partial charge >= 0.3 is 0 Å². The average Bonchev–Trinajstić information content (AvgIpc) is 3.01. The summed E-state index contributed by atoms with van der Waals surface area (Å²) in [6.07, 6.45) is 3.00. The molecule has 1 N–H and O–H groups in total. The fraction of sp³-hybridized carbons (Fsp3) is 0.786. The minimum atomic E-state index is -0.343. The van der Waals surface area contributed by atoms with Gasteiger partial charge in [-0.2, -0.15) is 5.10 Å². The summed E-state index contributed by atoms with van der Waals surface area (Å²) in [4.78, 5) is 18.5. The lowest BCUT2D eigenvalue weighted by Gasteiger charge is -2.37. The summed E-state index contributed by atoms with van der Waals surface area (Å²) in [5.41, 5.74) is 0. The Morgan fingerprint density at radius 3 is 2.62 bits per heavy atom. The fourth-order valence-corrected chi connectivity index (χ4v) is 2.59. The van der Waals surface area contributed by atoms with E-state index in [1.54, 1.807) is 11.0 Å². The van der Waals surface area contributed by atoms with E-state index in [4.69, 9.17) is 4.74 Å². The molecule has 1 saturated heterocycles. The summed E-state index contributed by atoms with van der Waals surface area (Å²) in [5, 5.41) is 7.05. The number of morpholine rings is 1. The van der Waals surface area contributed by atoms with E-state index in [9.17, 15) is 4.79 Å². The second kappa shape index (κ2) is 7.51. The van der Waals surface area contributed by atoms with Crippen LogP contribution in [0.25, 0.3) is 0 Å². The first-order valence-electron chi connectivity index (χ1n) is 7.53. The summed E-state index contributed by atoms with van der Waals surface area (Å²) in [7, 11) is 0. The van der Waals surface area contributed by atoms with Gasteiger partial charge in [0.25, 0.3) is 0 Å². The third-order valence-corrected chi connectivity index (χ3v) is 3.98. The van der Waals surface area contributed by atoms with E-state index in [-0.39, 0.29) is 11.9 Å². The van der Waals surface area contributed by atoms with Gasteiger partial charge in [-0.15, -0.1) is 0 Å². The summed E-state index contributed by atoms with van der Waals surface area (Å²) in [5.74, 6) is 0.449. The SMILES string of the molecule is CC(C)C(CNC(=O)C(C)n1cncn1)N1CCOCC1. The number of carbonyl (C=O) groups excluding carboxylic acids is 1. The molecule has 2 heterocycles. The smallest absolute Gasteiger partial charge is 0.244 e. The third kappa shape index (κ3) is 4.25. The van der Waals surface area contributed by atoms with Gasteiger partial charge in [0, 0.05) is 25.7 Å². The van der Waals surface area contributed by atoms with Crippen molar-refractivity contribution in [3.8, 4) is 0 Å². The zero-order chi connectivity index (χ0) is 15.2. The third-order valence-electron chi connectivity index (χ3n) is 3.98. The first kappa shape index (κ1) is 15.9. The Morgan fingerprint density at radius 1 is 1.33 bits per heavy atom. The molecule has 21 heavy (non-hydrogen) atoms. The van der Waals surface area contributed by atoms with Crippen LogP contribution < -0.4 is 5.32 Å². The molecule has 1 aliphatic rings. The van der Waals surface area contributed by atoms with Gasteiger partial charge in [0.1, 0.15) is 18.7 Å². The van der Waals surface area contributed by atoms with Gasteiger partial charge in [-0.1, -0.05) is 13.8 Å². The number of amides is 1. The maximum Gasteiger partial charge on any atom is 0.244 e. The van der Waals surface area contributed by atoms with Crippen molar-refractivity contribution in [2.75, 3.05) is 32.8 Å². The summed E-state index contributed by atoms with van der Waals surface area (Å²) >= 11 is 0. The lowest BCUT2D eigenvalue weighted by molar-refractivity contribution is -0.124. The largest absolute Gasteiger partial charge is 0.379 e. The van der Waals surface area contributed by atoms with Crippen molar-refractivity contribution in [2.45, 2.75) is 32.9 Å². The Kier molecular flexibility index (Phi) is 5.69. The molecule has 7 nitrogen and oxygen atoms in total. The zero-order valence-electron chi connectivity index (χ0n) is 13.0. The highest BCUT2D eigenvalue weighted by molar-refractivity contribution is 5.79. The van der Waals surface area contributed by atoms with Crippen molar-refractivity contribution in [3.05, 3.63) is 12.7 Å². The van der Waals surface area contributed by atoms with Crippen LogP contribution in [0.4, 0.5) is 0 Å². The van der Waals surface area contributed by atoms with E-state index in [1.165, 1.54) is 6.33 Å². The lowest BCUT2D eigenvalue weighted by atomic mass is 10.0. The number of ether oxygens (including phenoxy) is 1. The van der Waals surface area contributed by atoms with Crippen molar-refractivity contribution in [1.82, 2.24) is 25.0 Å². The number of nitrogens with zero attached hydrogens (tertiary/aromatic N) is 4. The molecule has 0 bridgehead atoms. The summed E-state index contributed by atoms with van der Waals surface area (Å²) in [6, 6.07) is -0.00852. The molecule has 0 spiro atoms. The Morgan fingerprint density at radius 2 is 2.05 bits per heavy atom. The van der Waals surface area contributed by atoms with Crippen LogP contribution in [-0.2, 0) is 9.53 Å². The first-order valence-corrected chi connectivity index (χ1v) is 7.53. The molecule has 1 aromatic heterocycles. The number of carbonyl (C=O) groups is 1.